The molecule has 0 fully saturated rings. The van der Waals surface area contributed by atoms with Gasteiger partial charge in [0.05, 0.1) is 0 Å². The number of anilines is 1. The molecule has 0 aliphatic carbocycles. The molecule has 0 bridgehead atoms. The molecule has 5 nitrogen and oxygen atoms in total. The Bertz CT molecular complexity index is 593. The molecular formula is C11H12Cl2LiN4OZn. The average molecular weight is 359 g/mol. The number of carbonyl (C=O) groups is 1. The van der Waals surface area contributed by atoms with Gasteiger partial charge in [-0.15, -0.1) is 0 Å². The first kappa shape index (κ1) is 17.7. The third kappa shape index (κ3) is 3.63. The molecule has 0 N–H and O–H groups in total. The first-order valence-electron chi connectivity index (χ1n) is 5.66. The molecule has 2 heterocycles. The summed E-state index contributed by atoms with van der Waals surface area (Å²) in [6.45, 7) is 0. The molecule has 0 radical (unpaired) electrons. The van der Waals surface area contributed by atoms with Gasteiger partial charge in [-0.3, -0.25) is 0 Å². The summed E-state index contributed by atoms with van der Waals surface area (Å²) in [5, 5.41) is 0. The van der Waals surface area contributed by atoms with Crippen molar-refractivity contribution in [2.24, 2.45) is 7.05 Å². The molecule has 20 heavy (non-hydrogen) atoms. The molecule has 0 saturated carbocycles. The summed E-state index contributed by atoms with van der Waals surface area (Å²) in [7, 11) is 15.4. The van der Waals surface area contributed by atoms with Crippen LogP contribution in [0.15, 0.2) is 30.7 Å². The fourth-order valence-electron chi connectivity index (χ4n) is 1.74. The second kappa shape index (κ2) is 7.59. The number of pyridine rings is 1. The van der Waals surface area contributed by atoms with Gasteiger partial charge in [0.25, 0.3) is 0 Å². The van der Waals surface area contributed by atoms with E-state index in [0.29, 0.717) is 15.8 Å². The van der Waals surface area contributed by atoms with Crippen molar-refractivity contribution in [3.8, 4) is 0 Å². The average Bonchev–Trinajstić information content (AvgIpc) is 2.80. The van der Waals surface area contributed by atoms with Crippen LogP contribution in [0.5, 0.6) is 0 Å². The van der Waals surface area contributed by atoms with Crippen LogP contribution in [-0.2, 0) is 21.0 Å². The molecule has 99 valence electrons. The van der Waals surface area contributed by atoms with Crippen molar-refractivity contribution in [3.63, 3.8) is 0 Å². The Morgan fingerprint density at radius 3 is 2.60 bits per heavy atom. The van der Waals surface area contributed by atoms with Crippen molar-refractivity contribution in [2.45, 2.75) is 0 Å². The van der Waals surface area contributed by atoms with Gasteiger partial charge in [0.1, 0.15) is 0 Å². The molecule has 0 spiro atoms. The number of hydrogen-bond donors (Lipinski definition) is 0. The van der Waals surface area contributed by atoms with Crippen molar-refractivity contribution in [3.05, 3.63) is 36.4 Å². The van der Waals surface area contributed by atoms with E-state index in [2.05, 4.69) is 9.97 Å². The minimum atomic E-state index is -2.74. The van der Waals surface area contributed by atoms with E-state index in [9.17, 15) is 4.79 Å². The Hall–Kier alpha value is -0.369. The maximum absolute atomic E-state index is 12.4. The van der Waals surface area contributed by atoms with E-state index in [1.807, 2.05) is 6.07 Å². The van der Waals surface area contributed by atoms with Gasteiger partial charge in [-0.05, 0) is 0 Å². The fraction of sp³-hybridized carbons (Fsp3) is 0.182. The maximum atomic E-state index is 12.4. The van der Waals surface area contributed by atoms with E-state index < -0.39 is 14.0 Å². The SMILES string of the molecule is CN(C(=O)c1cn[c]([Zn]([Cl])[Cl])n1C)c1cccnc1.[LiH]. The molecule has 0 atom stereocenters. The monoisotopic (exact) mass is 357 g/mol. The summed E-state index contributed by atoms with van der Waals surface area (Å²) in [4.78, 5) is 22.0. The van der Waals surface area contributed by atoms with Gasteiger partial charge in [0.15, 0.2) is 0 Å². The predicted octanol–water partition coefficient (Wildman–Crippen LogP) is 0.994. The second-order valence-corrected chi connectivity index (χ2v) is 13.9. The van der Waals surface area contributed by atoms with Crippen molar-refractivity contribution in [2.75, 3.05) is 11.9 Å². The number of amides is 1. The normalized spacial score (nSPS) is 9.80. The zero-order valence-corrected chi connectivity index (χ0v) is 15.0. The van der Waals surface area contributed by atoms with Crippen LogP contribution in [-0.4, -0.2) is 46.4 Å². The third-order valence-corrected chi connectivity index (χ3v) is 7.75. The van der Waals surface area contributed by atoms with E-state index in [4.69, 9.17) is 19.4 Å². The molecule has 0 aromatic carbocycles. The summed E-state index contributed by atoms with van der Waals surface area (Å²) < 4.78 is 2.32. The molecule has 2 rings (SSSR count). The third-order valence-electron chi connectivity index (χ3n) is 2.88. The zero-order chi connectivity index (χ0) is 14.0. The van der Waals surface area contributed by atoms with Crippen molar-refractivity contribution in [1.82, 2.24) is 14.5 Å². The van der Waals surface area contributed by atoms with Gasteiger partial charge in [-0.2, -0.15) is 0 Å². The van der Waals surface area contributed by atoms with Gasteiger partial charge >= 0.3 is 143 Å². The summed E-state index contributed by atoms with van der Waals surface area (Å²) >= 11 is -2.74. The molecule has 0 aliphatic rings. The van der Waals surface area contributed by atoms with Crippen LogP contribution < -0.4 is 9.32 Å². The first-order chi connectivity index (χ1) is 9.02. The number of hydrogen-bond acceptors (Lipinski definition) is 3. The standard InChI is InChI=1S/C11H11N4O.2ClH.Li.Zn.H/c1-14-8-13-7-10(14)11(16)15(2)9-4-3-5-12-6-9;;;;;/h3-7H,1-2H3;2*1H;;;/q;;;;+2;/p-2. The van der Waals surface area contributed by atoms with E-state index in [1.165, 1.54) is 11.1 Å². The molecule has 0 aliphatic heterocycles. The van der Waals surface area contributed by atoms with Crippen LogP contribution in [0.25, 0.3) is 0 Å². The van der Waals surface area contributed by atoms with Gasteiger partial charge in [-0.25, -0.2) is 0 Å². The molecule has 2 aromatic rings. The van der Waals surface area contributed by atoms with Gasteiger partial charge < -0.3 is 0 Å². The number of carbonyl (C=O) groups excluding carboxylic acids is 1. The van der Waals surface area contributed by atoms with E-state index in [1.54, 1.807) is 37.1 Å². The van der Waals surface area contributed by atoms with Crippen LogP contribution >= 0.6 is 19.4 Å². The molecule has 9 heteroatoms. The van der Waals surface area contributed by atoms with Crippen LogP contribution in [0, 0.1) is 0 Å². The van der Waals surface area contributed by atoms with Crippen LogP contribution in [0.4, 0.5) is 5.69 Å². The van der Waals surface area contributed by atoms with Crippen molar-refractivity contribution >= 4 is 54.3 Å². The number of nitrogens with zero attached hydrogens (tertiary/aromatic N) is 4. The van der Waals surface area contributed by atoms with Gasteiger partial charge in [0.2, 0.25) is 0 Å². The minimum absolute atomic E-state index is 0. The number of halogens is 2. The Labute approximate surface area is 142 Å². The summed E-state index contributed by atoms with van der Waals surface area (Å²) in [5.74, 6) is -0.172. The fourth-order valence-corrected chi connectivity index (χ4v) is 5.91. The van der Waals surface area contributed by atoms with Crippen LogP contribution in [0.3, 0.4) is 0 Å². The zero-order valence-electron chi connectivity index (χ0n) is 10.5. The van der Waals surface area contributed by atoms with Crippen molar-refractivity contribution in [1.29, 1.82) is 0 Å². The quantitative estimate of drug-likeness (QED) is 0.768. The summed E-state index contributed by atoms with van der Waals surface area (Å²) in [5.41, 5.74) is 1.18. The first-order valence-corrected chi connectivity index (χ1v) is 14.9. The molecule has 2 aromatic heterocycles. The van der Waals surface area contributed by atoms with Crippen molar-refractivity contribution < 1.29 is 18.8 Å². The summed E-state index contributed by atoms with van der Waals surface area (Å²) in [6, 6.07) is 3.59. The Kier molecular flexibility index (Phi) is 6.71. The Balaban J connectivity index is 0.00000200. The molecule has 1 amide bonds. The number of rotatable bonds is 3. The topological polar surface area (TPSA) is 51.0 Å². The van der Waals surface area contributed by atoms with E-state index >= 15 is 0 Å². The van der Waals surface area contributed by atoms with Gasteiger partial charge in [0, 0.05) is 0 Å². The molecule has 0 unspecified atom stereocenters. The predicted molar refractivity (Wildman–Crippen MR) is 78.7 cm³/mol. The number of aromatic nitrogens is 3. The van der Waals surface area contributed by atoms with Crippen LogP contribution in [0.2, 0.25) is 0 Å². The van der Waals surface area contributed by atoms with Gasteiger partial charge in [-0.1, -0.05) is 0 Å². The molecule has 0 saturated heterocycles. The Morgan fingerprint density at radius 1 is 1.40 bits per heavy atom. The molecular weight excluding hydrogens is 347 g/mol. The van der Waals surface area contributed by atoms with Crippen LogP contribution in [0.1, 0.15) is 10.5 Å². The second-order valence-electron chi connectivity index (χ2n) is 4.06. The van der Waals surface area contributed by atoms with E-state index in [0.717, 1.165) is 0 Å². The number of imidazole rings is 1. The van der Waals surface area contributed by atoms with E-state index in [-0.39, 0.29) is 24.8 Å². The summed E-state index contributed by atoms with van der Waals surface area (Å²) in [6.07, 6.45) is 4.79. The Morgan fingerprint density at radius 2 is 2.10 bits per heavy atom.